The molecule has 28 heavy (non-hydrogen) atoms. The molecule has 0 saturated carbocycles. The van der Waals surface area contributed by atoms with Gasteiger partial charge in [0.1, 0.15) is 10.7 Å². The summed E-state index contributed by atoms with van der Waals surface area (Å²) in [4.78, 5) is 17.3. The van der Waals surface area contributed by atoms with Gasteiger partial charge in [0.15, 0.2) is 0 Å². The standard InChI is InChI=1S/C22H18FN3OS/c1-12-3-8-16(11-13(12)2)25-21(27)20-19(24)17-9-10-18(26-22(17)28-20)14-4-6-15(23)7-5-14/h3-11H,24H2,1-2H3,(H,25,27)/p+1. The van der Waals surface area contributed by atoms with Crippen molar-refractivity contribution in [1.29, 1.82) is 0 Å². The van der Waals surface area contributed by atoms with Crippen LogP contribution >= 0.6 is 11.3 Å². The third-order valence-corrected chi connectivity index (χ3v) is 5.91. The topological polar surface area (TPSA) is 69.3 Å². The number of rotatable bonds is 3. The molecule has 0 aliphatic rings. The Morgan fingerprint density at radius 3 is 2.50 bits per heavy atom. The zero-order valence-electron chi connectivity index (χ0n) is 15.5. The summed E-state index contributed by atoms with van der Waals surface area (Å²) in [5.41, 5.74) is 11.4. The van der Waals surface area contributed by atoms with Gasteiger partial charge in [0, 0.05) is 17.3 Å². The largest absolute Gasteiger partial charge is 0.397 e. The van der Waals surface area contributed by atoms with Crippen LogP contribution in [0.5, 0.6) is 0 Å². The molecule has 2 heterocycles. The molecule has 2 aromatic carbocycles. The molecule has 0 bridgehead atoms. The predicted octanol–water partition coefficient (Wildman–Crippen LogP) is 4.97. The lowest BCUT2D eigenvalue weighted by molar-refractivity contribution is -0.327. The molecule has 4 N–H and O–H groups in total. The maximum Gasteiger partial charge on any atom is 0.270 e. The number of fused-ring (bicyclic) bond motifs is 1. The number of benzene rings is 2. The number of amides is 1. The Morgan fingerprint density at radius 2 is 1.79 bits per heavy atom. The summed E-state index contributed by atoms with van der Waals surface area (Å²) >= 11 is 1.30. The molecule has 0 saturated heterocycles. The summed E-state index contributed by atoms with van der Waals surface area (Å²) < 4.78 is 13.2. The molecule has 4 nitrogen and oxygen atoms in total. The molecule has 0 fully saturated rings. The Kier molecular flexibility index (Phi) is 4.57. The maximum absolute atomic E-state index is 13.2. The van der Waals surface area contributed by atoms with Crippen LogP contribution in [0.4, 0.5) is 15.8 Å². The van der Waals surface area contributed by atoms with Crippen LogP contribution in [0.25, 0.3) is 21.5 Å². The number of hydrogen-bond donors (Lipinski definition) is 2. The Hall–Kier alpha value is -3.25. The highest BCUT2D eigenvalue weighted by atomic mass is 32.1. The van der Waals surface area contributed by atoms with Crippen molar-refractivity contribution in [3.63, 3.8) is 0 Å². The first-order valence-electron chi connectivity index (χ1n) is 8.81. The number of H-pyrrole nitrogens is 1. The third-order valence-electron chi connectivity index (χ3n) is 4.77. The first-order valence-corrected chi connectivity index (χ1v) is 9.63. The first kappa shape index (κ1) is 18.1. The van der Waals surface area contributed by atoms with E-state index in [4.69, 9.17) is 5.73 Å². The number of halogens is 1. The predicted molar refractivity (Wildman–Crippen MR) is 112 cm³/mol. The smallest absolute Gasteiger partial charge is 0.270 e. The zero-order valence-corrected chi connectivity index (χ0v) is 16.3. The van der Waals surface area contributed by atoms with Crippen molar-refractivity contribution in [3.8, 4) is 11.3 Å². The van der Waals surface area contributed by atoms with Crippen LogP contribution in [-0.4, -0.2) is 5.91 Å². The van der Waals surface area contributed by atoms with Gasteiger partial charge in [-0.3, -0.25) is 4.79 Å². The Bertz CT molecular complexity index is 1200. The van der Waals surface area contributed by atoms with Crippen LogP contribution in [0.15, 0.2) is 54.6 Å². The summed E-state index contributed by atoms with van der Waals surface area (Å²) in [7, 11) is 0. The number of aromatic nitrogens is 1. The van der Waals surface area contributed by atoms with Gasteiger partial charge in [-0.2, -0.15) is 4.98 Å². The first-order chi connectivity index (χ1) is 13.4. The van der Waals surface area contributed by atoms with Crippen molar-refractivity contribution >= 4 is 38.8 Å². The quantitative estimate of drug-likeness (QED) is 0.517. The number of aromatic amines is 1. The number of nitrogens with two attached hydrogens (primary N) is 1. The van der Waals surface area contributed by atoms with Crippen LogP contribution in [0.2, 0.25) is 0 Å². The van der Waals surface area contributed by atoms with Crippen molar-refractivity contribution in [2.45, 2.75) is 13.8 Å². The van der Waals surface area contributed by atoms with E-state index in [0.29, 0.717) is 10.6 Å². The molecule has 1 amide bonds. The normalized spacial score (nSPS) is 11.0. The van der Waals surface area contributed by atoms with Crippen molar-refractivity contribution in [2.24, 2.45) is 0 Å². The van der Waals surface area contributed by atoms with Gasteiger partial charge in [-0.05, 0) is 67.4 Å². The fraction of sp³-hybridized carbons (Fsp3) is 0.0909. The molecule has 140 valence electrons. The number of carbonyl (C=O) groups is 1. The average Bonchev–Trinajstić information content (AvgIpc) is 3.01. The molecule has 0 unspecified atom stereocenters. The van der Waals surface area contributed by atoms with E-state index in [1.807, 2.05) is 44.2 Å². The fourth-order valence-corrected chi connectivity index (χ4v) is 4.04. The molecule has 4 rings (SSSR count). The van der Waals surface area contributed by atoms with Crippen LogP contribution < -0.4 is 16.0 Å². The summed E-state index contributed by atoms with van der Waals surface area (Å²) in [5, 5.41) is 3.71. The zero-order chi connectivity index (χ0) is 19.8. The SMILES string of the molecule is Cc1ccc(NC(=O)c2sc3[nH+]c(-c4ccc(F)cc4)ccc3c2N)cc1C. The molecule has 4 aromatic rings. The number of aryl methyl sites for hydroxylation is 2. The lowest BCUT2D eigenvalue weighted by Crippen LogP contribution is -2.12. The van der Waals surface area contributed by atoms with E-state index in [1.165, 1.54) is 29.0 Å². The highest BCUT2D eigenvalue weighted by molar-refractivity contribution is 7.20. The van der Waals surface area contributed by atoms with Crippen molar-refractivity contribution in [1.82, 2.24) is 0 Å². The van der Waals surface area contributed by atoms with E-state index in [2.05, 4.69) is 10.3 Å². The Morgan fingerprint density at radius 1 is 1.04 bits per heavy atom. The lowest BCUT2D eigenvalue weighted by atomic mass is 10.1. The number of anilines is 2. The van der Waals surface area contributed by atoms with Gasteiger partial charge in [-0.25, -0.2) is 4.39 Å². The molecular weight excluding hydrogens is 373 g/mol. The molecule has 6 heteroatoms. The van der Waals surface area contributed by atoms with Gasteiger partial charge < -0.3 is 11.1 Å². The number of nitrogen functional groups attached to an aromatic ring is 1. The molecule has 0 spiro atoms. The number of carbonyl (C=O) groups excluding carboxylic acids is 1. The summed E-state index contributed by atoms with van der Waals surface area (Å²) in [5.74, 6) is -0.519. The van der Waals surface area contributed by atoms with Gasteiger partial charge in [0.05, 0.1) is 11.1 Å². The van der Waals surface area contributed by atoms with Crippen LogP contribution in [0.1, 0.15) is 20.8 Å². The summed E-state index contributed by atoms with van der Waals surface area (Å²) in [6.07, 6.45) is 0. The monoisotopic (exact) mass is 392 g/mol. The van der Waals surface area contributed by atoms with Gasteiger partial charge in [-0.15, -0.1) is 0 Å². The average molecular weight is 392 g/mol. The van der Waals surface area contributed by atoms with E-state index < -0.39 is 0 Å². The lowest BCUT2D eigenvalue weighted by Gasteiger charge is -2.07. The second-order valence-electron chi connectivity index (χ2n) is 6.72. The summed E-state index contributed by atoms with van der Waals surface area (Å²) in [6.45, 7) is 4.03. The van der Waals surface area contributed by atoms with E-state index in [9.17, 15) is 9.18 Å². The number of thiophene rings is 1. The van der Waals surface area contributed by atoms with Gasteiger partial charge >= 0.3 is 0 Å². The van der Waals surface area contributed by atoms with Crippen LogP contribution in [0.3, 0.4) is 0 Å². The van der Waals surface area contributed by atoms with Crippen molar-refractivity contribution < 1.29 is 14.2 Å². The minimum absolute atomic E-state index is 0.237. The molecule has 2 aromatic heterocycles. The molecular formula is C22H19FN3OS+. The van der Waals surface area contributed by atoms with Gasteiger partial charge in [0.2, 0.25) is 5.69 Å². The molecule has 0 atom stereocenters. The highest BCUT2D eigenvalue weighted by Gasteiger charge is 2.21. The van der Waals surface area contributed by atoms with Crippen molar-refractivity contribution in [3.05, 3.63) is 76.4 Å². The number of pyridine rings is 1. The minimum Gasteiger partial charge on any atom is -0.397 e. The minimum atomic E-state index is -0.282. The van der Waals surface area contributed by atoms with Gasteiger partial charge in [-0.1, -0.05) is 17.4 Å². The number of hydrogen-bond acceptors (Lipinski definition) is 3. The van der Waals surface area contributed by atoms with Crippen LogP contribution in [0, 0.1) is 19.7 Å². The summed E-state index contributed by atoms with van der Waals surface area (Å²) in [6, 6.07) is 15.8. The second kappa shape index (κ2) is 7.05. The molecule has 0 radical (unpaired) electrons. The highest BCUT2D eigenvalue weighted by Crippen LogP contribution is 2.32. The van der Waals surface area contributed by atoms with E-state index in [-0.39, 0.29) is 11.7 Å². The number of nitrogens with one attached hydrogen (secondary N) is 2. The van der Waals surface area contributed by atoms with Crippen molar-refractivity contribution in [2.75, 3.05) is 11.1 Å². The Balaban J connectivity index is 1.67. The Labute approximate surface area is 165 Å². The fourth-order valence-electron chi connectivity index (χ4n) is 3.02. The second-order valence-corrected chi connectivity index (χ2v) is 7.74. The van der Waals surface area contributed by atoms with E-state index in [0.717, 1.165) is 32.7 Å². The maximum atomic E-state index is 13.2. The van der Waals surface area contributed by atoms with E-state index in [1.54, 1.807) is 12.1 Å². The van der Waals surface area contributed by atoms with Crippen LogP contribution in [-0.2, 0) is 0 Å². The molecule has 0 aliphatic heterocycles. The third kappa shape index (κ3) is 3.34. The van der Waals surface area contributed by atoms with Gasteiger partial charge in [0.25, 0.3) is 10.7 Å². The molecule has 0 aliphatic carbocycles. The van der Waals surface area contributed by atoms with E-state index >= 15 is 0 Å².